The molecule has 1 aromatic heterocycles. The van der Waals surface area contributed by atoms with Crippen molar-refractivity contribution in [2.75, 3.05) is 0 Å². The molecule has 0 aliphatic heterocycles. The summed E-state index contributed by atoms with van der Waals surface area (Å²) in [7, 11) is 0. The van der Waals surface area contributed by atoms with Crippen molar-refractivity contribution in [3.63, 3.8) is 0 Å². The topological polar surface area (TPSA) is 44.1 Å². The number of carbonyl (C=O) groups excluding carboxylic acids is 1. The molecule has 0 atom stereocenters. The zero-order valence-electron chi connectivity index (χ0n) is 14.7. The van der Waals surface area contributed by atoms with Gasteiger partial charge in [-0.1, -0.05) is 42.5 Å². The summed E-state index contributed by atoms with van der Waals surface area (Å²) >= 11 is 0. The van der Waals surface area contributed by atoms with Crippen molar-refractivity contribution in [1.82, 2.24) is 9.78 Å². The number of ketones is 1. The minimum atomic E-state index is 0.0105. The molecular weight excluding hydrogens is 336 g/mol. The Morgan fingerprint density at radius 2 is 1.52 bits per heavy atom. The van der Waals surface area contributed by atoms with Crippen molar-refractivity contribution in [2.45, 2.75) is 6.61 Å². The summed E-state index contributed by atoms with van der Waals surface area (Å²) in [6.07, 6.45) is 3.66. The predicted octanol–water partition coefficient (Wildman–Crippen LogP) is 4.68. The van der Waals surface area contributed by atoms with Crippen molar-refractivity contribution in [2.24, 2.45) is 0 Å². The first-order valence-corrected chi connectivity index (χ1v) is 8.71. The monoisotopic (exact) mass is 354 g/mol. The van der Waals surface area contributed by atoms with E-state index in [0.717, 1.165) is 17.0 Å². The molecule has 4 rings (SSSR count). The van der Waals surface area contributed by atoms with Gasteiger partial charge in [0.15, 0.2) is 5.78 Å². The SMILES string of the molecule is O=C(c1ccccc1)c1ccc(OCc2ccc(-n3cccn3)cc2)cc1. The van der Waals surface area contributed by atoms with E-state index in [9.17, 15) is 4.79 Å². The van der Waals surface area contributed by atoms with Crippen LogP contribution < -0.4 is 4.74 Å². The summed E-state index contributed by atoms with van der Waals surface area (Å²) in [4.78, 5) is 12.4. The molecule has 0 unspecified atom stereocenters. The van der Waals surface area contributed by atoms with Gasteiger partial charge in [-0.05, 0) is 48.0 Å². The fourth-order valence-corrected chi connectivity index (χ4v) is 2.79. The standard InChI is InChI=1S/C23H18N2O2/c26-23(19-5-2-1-3-6-19)20-9-13-22(14-10-20)27-17-18-7-11-21(12-8-18)25-16-4-15-24-25/h1-16H,17H2. The van der Waals surface area contributed by atoms with Crippen LogP contribution in [0.1, 0.15) is 21.5 Å². The molecule has 4 nitrogen and oxygen atoms in total. The largest absolute Gasteiger partial charge is 0.489 e. The molecule has 0 aliphatic rings. The molecule has 27 heavy (non-hydrogen) atoms. The molecule has 1 heterocycles. The second kappa shape index (κ2) is 7.70. The van der Waals surface area contributed by atoms with Gasteiger partial charge >= 0.3 is 0 Å². The van der Waals surface area contributed by atoms with E-state index in [1.165, 1.54) is 0 Å². The summed E-state index contributed by atoms with van der Waals surface area (Å²) in [5, 5.41) is 4.21. The molecule has 0 bridgehead atoms. The van der Waals surface area contributed by atoms with Gasteiger partial charge in [0.1, 0.15) is 12.4 Å². The van der Waals surface area contributed by atoms with Crippen LogP contribution in [-0.2, 0) is 6.61 Å². The first kappa shape index (κ1) is 16.8. The zero-order chi connectivity index (χ0) is 18.5. The highest BCUT2D eigenvalue weighted by molar-refractivity contribution is 6.08. The minimum Gasteiger partial charge on any atom is -0.489 e. The van der Waals surface area contributed by atoms with Crippen molar-refractivity contribution < 1.29 is 9.53 Å². The highest BCUT2D eigenvalue weighted by Gasteiger charge is 2.08. The number of aromatic nitrogens is 2. The van der Waals surface area contributed by atoms with Crippen molar-refractivity contribution in [3.8, 4) is 11.4 Å². The normalized spacial score (nSPS) is 10.5. The van der Waals surface area contributed by atoms with Crippen LogP contribution in [-0.4, -0.2) is 15.6 Å². The Bertz CT molecular complexity index is 1010. The fourth-order valence-electron chi connectivity index (χ4n) is 2.79. The molecule has 0 spiro atoms. The summed E-state index contributed by atoms with van der Waals surface area (Å²) in [6, 6.07) is 26.5. The summed E-state index contributed by atoms with van der Waals surface area (Å²) < 4.78 is 7.64. The van der Waals surface area contributed by atoms with E-state index in [0.29, 0.717) is 17.7 Å². The van der Waals surface area contributed by atoms with Gasteiger partial charge in [-0.3, -0.25) is 4.79 Å². The molecule has 0 fully saturated rings. The van der Waals surface area contributed by atoms with E-state index >= 15 is 0 Å². The van der Waals surface area contributed by atoms with E-state index in [1.54, 1.807) is 18.3 Å². The van der Waals surface area contributed by atoms with Crippen LogP contribution in [0, 0.1) is 0 Å². The van der Waals surface area contributed by atoms with Crippen LogP contribution in [0.4, 0.5) is 0 Å². The first-order chi connectivity index (χ1) is 13.3. The average molecular weight is 354 g/mol. The molecule has 0 amide bonds. The number of ether oxygens (including phenoxy) is 1. The van der Waals surface area contributed by atoms with Gasteiger partial charge in [-0.25, -0.2) is 4.68 Å². The van der Waals surface area contributed by atoms with E-state index in [2.05, 4.69) is 5.10 Å². The van der Waals surface area contributed by atoms with Crippen LogP contribution in [0.15, 0.2) is 97.3 Å². The maximum absolute atomic E-state index is 12.4. The summed E-state index contributed by atoms with van der Waals surface area (Å²) in [5.41, 5.74) is 3.41. The summed E-state index contributed by atoms with van der Waals surface area (Å²) in [5.74, 6) is 0.743. The van der Waals surface area contributed by atoms with Gasteiger partial charge in [0, 0.05) is 23.5 Å². The lowest BCUT2D eigenvalue weighted by Gasteiger charge is -2.08. The fraction of sp³-hybridized carbons (Fsp3) is 0.0435. The van der Waals surface area contributed by atoms with Crippen LogP contribution in [0.5, 0.6) is 5.75 Å². The highest BCUT2D eigenvalue weighted by Crippen LogP contribution is 2.17. The maximum Gasteiger partial charge on any atom is 0.193 e. The molecule has 0 radical (unpaired) electrons. The molecule has 0 N–H and O–H groups in total. The van der Waals surface area contributed by atoms with Gasteiger partial charge in [0.05, 0.1) is 5.69 Å². The molecular formula is C23H18N2O2. The number of nitrogens with zero attached hydrogens (tertiary/aromatic N) is 2. The Hall–Kier alpha value is -3.66. The van der Waals surface area contributed by atoms with Gasteiger partial charge in [-0.15, -0.1) is 0 Å². The zero-order valence-corrected chi connectivity index (χ0v) is 14.7. The van der Waals surface area contributed by atoms with Crippen LogP contribution in [0.2, 0.25) is 0 Å². The summed E-state index contributed by atoms with van der Waals surface area (Å²) in [6.45, 7) is 0.464. The van der Waals surface area contributed by atoms with Crippen molar-refractivity contribution >= 4 is 5.78 Å². The molecule has 0 aliphatic carbocycles. The highest BCUT2D eigenvalue weighted by atomic mass is 16.5. The average Bonchev–Trinajstić information content (AvgIpc) is 3.28. The number of hydrogen-bond donors (Lipinski definition) is 0. The predicted molar refractivity (Wildman–Crippen MR) is 104 cm³/mol. The minimum absolute atomic E-state index is 0.0105. The van der Waals surface area contributed by atoms with Crippen LogP contribution >= 0.6 is 0 Å². The number of carbonyl (C=O) groups is 1. The van der Waals surface area contributed by atoms with Crippen LogP contribution in [0.25, 0.3) is 5.69 Å². The lowest BCUT2D eigenvalue weighted by Crippen LogP contribution is -2.01. The molecule has 0 saturated carbocycles. The van der Waals surface area contributed by atoms with E-state index in [-0.39, 0.29) is 5.78 Å². The third-order valence-electron chi connectivity index (χ3n) is 4.26. The maximum atomic E-state index is 12.4. The lowest BCUT2D eigenvalue weighted by molar-refractivity contribution is 0.103. The van der Waals surface area contributed by atoms with Gasteiger partial charge in [-0.2, -0.15) is 5.10 Å². The second-order valence-electron chi connectivity index (χ2n) is 6.13. The van der Waals surface area contributed by atoms with Gasteiger partial charge in [0.25, 0.3) is 0 Å². The Morgan fingerprint density at radius 3 is 2.19 bits per heavy atom. The van der Waals surface area contributed by atoms with E-state index < -0.39 is 0 Å². The number of rotatable bonds is 6. The second-order valence-corrected chi connectivity index (χ2v) is 6.13. The smallest absolute Gasteiger partial charge is 0.193 e. The third-order valence-corrected chi connectivity index (χ3v) is 4.26. The first-order valence-electron chi connectivity index (χ1n) is 8.71. The quantitative estimate of drug-likeness (QED) is 0.472. The Morgan fingerprint density at radius 1 is 0.815 bits per heavy atom. The number of benzene rings is 3. The molecule has 0 saturated heterocycles. The van der Waals surface area contributed by atoms with Gasteiger partial charge < -0.3 is 4.74 Å². The Kier molecular flexibility index (Phi) is 4.79. The lowest BCUT2D eigenvalue weighted by atomic mass is 10.0. The molecule has 4 heteroatoms. The van der Waals surface area contributed by atoms with Crippen molar-refractivity contribution in [1.29, 1.82) is 0 Å². The third kappa shape index (κ3) is 3.96. The Balaban J connectivity index is 1.38. The van der Waals surface area contributed by atoms with Gasteiger partial charge in [0.2, 0.25) is 0 Å². The number of hydrogen-bond acceptors (Lipinski definition) is 3. The molecule has 132 valence electrons. The molecule has 4 aromatic rings. The van der Waals surface area contributed by atoms with E-state index in [1.807, 2.05) is 83.7 Å². The van der Waals surface area contributed by atoms with Crippen molar-refractivity contribution in [3.05, 3.63) is 114 Å². The molecule has 3 aromatic carbocycles. The van der Waals surface area contributed by atoms with E-state index in [4.69, 9.17) is 4.74 Å². The Labute approximate surface area is 157 Å². The van der Waals surface area contributed by atoms with Crippen LogP contribution in [0.3, 0.4) is 0 Å².